The fourth-order valence-electron chi connectivity index (χ4n) is 12.5. The van der Waals surface area contributed by atoms with Gasteiger partial charge in [0, 0.05) is 58.3 Å². The molecule has 0 bridgehead atoms. The Hall–Kier alpha value is -5.80. The van der Waals surface area contributed by atoms with Crippen molar-refractivity contribution < 1.29 is 86.1 Å². The SMILES string of the molecule is CCCCCCCCCCCCCCCC(=O)OCC(COP(=O)(O)OCCNC(=O)CCCC(=O)NCC(=O)NC(C(=O)NC(CCCCN)C(=O)N1CCCC1C(=O)N1CCCC1C(=O)CC(CCCNC(=N)N)C(=O)O)C(C)O)OC(=O)CCCCCCCCCCCCCCC. The third kappa shape index (κ3) is 42.6. The highest BCUT2D eigenvalue weighted by atomic mass is 31.2. The van der Waals surface area contributed by atoms with Gasteiger partial charge in [-0.3, -0.25) is 62.4 Å². The molecule has 28 nitrogen and oxygen atoms in total. The molecule has 0 spiro atoms. The molecule has 100 heavy (non-hydrogen) atoms. The van der Waals surface area contributed by atoms with E-state index in [9.17, 15) is 67.6 Å². The van der Waals surface area contributed by atoms with Crippen molar-refractivity contribution >= 4 is 72.9 Å². The van der Waals surface area contributed by atoms with Crippen LogP contribution in [0.1, 0.15) is 284 Å². The Labute approximate surface area is 595 Å². The van der Waals surface area contributed by atoms with E-state index in [4.69, 9.17) is 35.4 Å². The van der Waals surface area contributed by atoms with E-state index in [1.54, 1.807) is 0 Å². The number of rotatable bonds is 62. The van der Waals surface area contributed by atoms with Gasteiger partial charge in [-0.1, -0.05) is 168 Å². The van der Waals surface area contributed by atoms with Gasteiger partial charge in [-0.25, -0.2) is 4.57 Å². The number of nitrogens with zero attached hydrogens (tertiary/aromatic N) is 2. The minimum absolute atomic E-state index is 0.0277. The highest BCUT2D eigenvalue weighted by Crippen LogP contribution is 2.43. The number of amides is 6. The van der Waals surface area contributed by atoms with Gasteiger partial charge in [0.05, 0.1) is 37.8 Å². The van der Waals surface area contributed by atoms with Gasteiger partial charge in [0.25, 0.3) is 0 Å². The minimum atomic E-state index is -4.77. The number of aliphatic hydroxyl groups is 1. The Morgan fingerprint density at radius 2 is 1.10 bits per heavy atom. The number of aliphatic hydroxyl groups excluding tert-OH is 1. The summed E-state index contributed by atoms with van der Waals surface area (Å²) in [6.45, 7) is 4.30. The molecule has 0 aromatic heterocycles. The summed E-state index contributed by atoms with van der Waals surface area (Å²) in [5, 5.41) is 40.4. The Kier molecular flexibility index (Phi) is 50.3. The summed E-state index contributed by atoms with van der Waals surface area (Å²) in [5.74, 6) is -7.89. The van der Waals surface area contributed by atoms with E-state index in [0.29, 0.717) is 51.4 Å². The number of hydrogen-bond donors (Lipinski definition) is 11. The number of guanidine groups is 1. The number of esters is 2. The molecule has 2 aliphatic heterocycles. The number of hydrogen-bond acceptors (Lipinski definition) is 18. The number of unbranched alkanes of at least 4 members (excludes halogenated alkanes) is 25. The lowest BCUT2D eigenvalue weighted by molar-refractivity contribution is -0.161. The number of ketones is 1. The monoisotopic (exact) mass is 1440 g/mol. The van der Waals surface area contributed by atoms with Gasteiger partial charge in [-0.15, -0.1) is 0 Å². The van der Waals surface area contributed by atoms with Gasteiger partial charge in [0.1, 0.15) is 24.7 Å². The van der Waals surface area contributed by atoms with Crippen LogP contribution in [0.15, 0.2) is 0 Å². The van der Waals surface area contributed by atoms with Crippen LogP contribution in [0.2, 0.25) is 0 Å². The highest BCUT2D eigenvalue weighted by Gasteiger charge is 2.44. The topological polar surface area (TPSA) is 428 Å². The van der Waals surface area contributed by atoms with Gasteiger partial charge in [-0.05, 0) is 90.5 Å². The molecule has 2 aliphatic rings. The van der Waals surface area contributed by atoms with Gasteiger partial charge in [0.15, 0.2) is 17.8 Å². The van der Waals surface area contributed by atoms with Crippen molar-refractivity contribution in [2.45, 2.75) is 320 Å². The summed E-state index contributed by atoms with van der Waals surface area (Å²) in [7, 11) is -4.77. The molecule has 2 rings (SSSR count). The lowest BCUT2D eigenvalue weighted by atomic mass is 9.93. The number of carboxylic acids is 1. The van der Waals surface area contributed by atoms with Crippen molar-refractivity contribution in [3.63, 3.8) is 0 Å². The quantitative estimate of drug-likeness (QED) is 0.00895. The first-order valence-corrected chi connectivity index (χ1v) is 39.5. The van der Waals surface area contributed by atoms with Crippen LogP contribution in [0.4, 0.5) is 0 Å². The van der Waals surface area contributed by atoms with E-state index in [1.807, 2.05) is 0 Å². The predicted octanol–water partition coefficient (Wildman–Crippen LogP) is 8.32. The molecule has 0 aromatic carbocycles. The largest absolute Gasteiger partial charge is 0.481 e. The number of nitrogens with one attached hydrogen (secondary N) is 6. The van der Waals surface area contributed by atoms with E-state index in [1.165, 1.54) is 126 Å². The molecule has 576 valence electrons. The number of carbonyl (C=O) groups excluding carboxylic acids is 9. The maximum Gasteiger partial charge on any atom is 0.472 e. The maximum atomic E-state index is 14.3. The number of carboxylic acid groups (broad SMARTS) is 1. The second-order valence-corrected chi connectivity index (χ2v) is 28.5. The molecule has 29 heteroatoms. The summed E-state index contributed by atoms with van der Waals surface area (Å²) in [6.07, 6.45) is 29.9. The summed E-state index contributed by atoms with van der Waals surface area (Å²) in [6, 6.07) is -4.68. The number of carbonyl (C=O) groups is 10. The smallest absolute Gasteiger partial charge is 0.472 e. The van der Waals surface area contributed by atoms with E-state index < -0.39 is 129 Å². The molecule has 0 radical (unpaired) electrons. The lowest BCUT2D eigenvalue weighted by Gasteiger charge is -2.33. The fraction of sp³-hybridized carbons (Fsp3) is 0.845. The number of nitrogens with two attached hydrogens (primary N) is 2. The molecular formula is C71H129N10O18P. The number of phosphoric ester groups is 1. The molecule has 0 saturated carbocycles. The van der Waals surface area contributed by atoms with E-state index in [-0.39, 0.29) is 103 Å². The van der Waals surface area contributed by atoms with Crippen LogP contribution < -0.4 is 38.1 Å². The third-order valence-electron chi connectivity index (χ3n) is 18.3. The van der Waals surface area contributed by atoms with Gasteiger partial charge in [0.2, 0.25) is 35.4 Å². The van der Waals surface area contributed by atoms with E-state index >= 15 is 0 Å². The van der Waals surface area contributed by atoms with Crippen LogP contribution in [0.3, 0.4) is 0 Å². The number of ether oxygens (including phenoxy) is 2. The zero-order valence-electron chi connectivity index (χ0n) is 60.9. The number of aliphatic carboxylic acids is 1. The molecular weight excluding hydrogens is 1310 g/mol. The third-order valence-corrected chi connectivity index (χ3v) is 19.3. The Morgan fingerprint density at radius 3 is 1.63 bits per heavy atom. The number of Topliss-reactive ketones (excluding diaryl/α,β-unsaturated/α-hetero) is 1. The van der Waals surface area contributed by atoms with Crippen LogP contribution in [0.25, 0.3) is 0 Å². The van der Waals surface area contributed by atoms with Crippen molar-refractivity contribution in [2.75, 3.05) is 59.1 Å². The molecule has 6 amide bonds. The molecule has 8 atom stereocenters. The molecule has 2 heterocycles. The second kappa shape index (κ2) is 55.8. The van der Waals surface area contributed by atoms with Crippen LogP contribution in [-0.2, 0) is 71.0 Å². The van der Waals surface area contributed by atoms with E-state index in [2.05, 4.69) is 40.4 Å². The predicted molar refractivity (Wildman–Crippen MR) is 381 cm³/mol. The van der Waals surface area contributed by atoms with Crippen LogP contribution in [-0.4, -0.2) is 185 Å². The van der Waals surface area contributed by atoms with Gasteiger partial charge in [-0.2, -0.15) is 0 Å². The number of phosphoric acid groups is 1. The molecule has 13 N–H and O–H groups in total. The molecule has 2 saturated heterocycles. The average Bonchev–Trinajstić information content (AvgIpc) is 1.63. The average molecular weight is 1440 g/mol. The van der Waals surface area contributed by atoms with Crippen molar-refractivity contribution in [1.29, 1.82) is 5.41 Å². The normalized spacial score (nSPS) is 16.5. The number of likely N-dealkylation sites (tertiary alicyclic amines) is 2. The van der Waals surface area contributed by atoms with Crippen molar-refractivity contribution in [3.8, 4) is 0 Å². The van der Waals surface area contributed by atoms with Crippen LogP contribution in [0.5, 0.6) is 0 Å². The minimum Gasteiger partial charge on any atom is -0.481 e. The van der Waals surface area contributed by atoms with Crippen LogP contribution in [0, 0.1) is 11.3 Å². The van der Waals surface area contributed by atoms with Crippen molar-refractivity contribution in [3.05, 3.63) is 0 Å². The Morgan fingerprint density at radius 1 is 0.580 bits per heavy atom. The Balaban J connectivity index is 1.85. The highest BCUT2D eigenvalue weighted by molar-refractivity contribution is 7.47. The first-order valence-electron chi connectivity index (χ1n) is 38.0. The molecule has 0 aliphatic carbocycles. The molecule has 2 fully saturated rings. The van der Waals surface area contributed by atoms with Gasteiger partial charge >= 0.3 is 25.7 Å². The first kappa shape index (κ1) is 90.3. The van der Waals surface area contributed by atoms with Crippen molar-refractivity contribution in [1.82, 2.24) is 36.4 Å². The second-order valence-electron chi connectivity index (χ2n) is 27.1. The Bertz CT molecular complexity index is 2450. The summed E-state index contributed by atoms with van der Waals surface area (Å²) < 4.78 is 34.2. The van der Waals surface area contributed by atoms with Crippen molar-refractivity contribution in [2.24, 2.45) is 17.4 Å². The van der Waals surface area contributed by atoms with E-state index in [0.717, 1.165) is 44.9 Å². The summed E-state index contributed by atoms with van der Waals surface area (Å²) >= 11 is 0. The fourth-order valence-corrected chi connectivity index (χ4v) is 13.2. The van der Waals surface area contributed by atoms with Crippen LogP contribution >= 0.6 is 7.82 Å². The van der Waals surface area contributed by atoms with Gasteiger partial charge < -0.3 is 72.4 Å². The maximum absolute atomic E-state index is 14.3. The summed E-state index contributed by atoms with van der Waals surface area (Å²) in [4.78, 5) is 146. The molecule has 0 aromatic rings. The first-order chi connectivity index (χ1) is 48.0. The zero-order valence-corrected chi connectivity index (χ0v) is 61.8. The standard InChI is InChI=1S/C71H129N10O18P/c1-4-6-8-10-12-14-16-18-20-22-24-26-28-42-64(87)96-52-56(99-65(88)43-29-27-25-23-21-19-17-15-13-11-9-7-5-2)53-98-100(94,95)97-49-46-75-61(84)40-32-41-62(85)77-51-63(86)79-66(54(3)82)67(89)78-57(37-30-31-44-72)68(90)81-48-35-39-59(81)69(91)80-47-34-38-58(80)60(83)50-55(70(92)93)36-33-45-76-71(73)74/h54-59,66,82H,4-53,72H2,1-3H3,(H,75,84)(H,77,85)(H,78,89)(H,79,86)(H,92,93)(H,94,95)(H4,73,74,76). The molecule has 8 unspecified atom stereocenters. The zero-order chi connectivity index (χ0) is 73.8. The summed E-state index contributed by atoms with van der Waals surface area (Å²) in [5.41, 5.74) is 11.1. The lowest BCUT2D eigenvalue weighted by Crippen LogP contribution is -2.59.